The lowest BCUT2D eigenvalue weighted by Gasteiger charge is -2.18. The van der Waals surface area contributed by atoms with Crippen LogP contribution in [-0.2, 0) is 6.42 Å². The summed E-state index contributed by atoms with van der Waals surface area (Å²) in [6, 6.07) is 10.4. The predicted octanol–water partition coefficient (Wildman–Crippen LogP) is 2.69. The zero-order chi connectivity index (χ0) is 10.5. The summed E-state index contributed by atoms with van der Waals surface area (Å²) in [6.45, 7) is 2.18. The van der Waals surface area contributed by atoms with Crippen molar-refractivity contribution in [3.8, 4) is 0 Å². The molecule has 0 radical (unpaired) electrons. The number of likely N-dealkylation sites (tertiary alicyclic amines) is 1. The van der Waals surface area contributed by atoms with E-state index in [1.165, 1.54) is 18.4 Å². The topological polar surface area (TPSA) is 27.1 Å². The van der Waals surface area contributed by atoms with Gasteiger partial charge in [-0.25, -0.2) is 0 Å². The fourth-order valence-corrected chi connectivity index (χ4v) is 2.05. The van der Waals surface area contributed by atoms with Gasteiger partial charge < -0.3 is 4.90 Å². The van der Waals surface area contributed by atoms with E-state index in [1.54, 1.807) is 0 Å². The van der Waals surface area contributed by atoms with Crippen molar-refractivity contribution in [1.82, 2.24) is 4.90 Å². The van der Waals surface area contributed by atoms with Crippen molar-refractivity contribution in [2.75, 3.05) is 13.1 Å². The van der Waals surface area contributed by atoms with E-state index in [2.05, 4.69) is 29.2 Å². The van der Waals surface area contributed by atoms with Gasteiger partial charge in [0.15, 0.2) is 0 Å². The van der Waals surface area contributed by atoms with E-state index in [9.17, 15) is 0 Å². The zero-order valence-corrected chi connectivity index (χ0v) is 9.08. The van der Waals surface area contributed by atoms with Crippen molar-refractivity contribution >= 4 is 5.84 Å². The Balaban J connectivity index is 1.80. The highest BCUT2D eigenvalue weighted by Crippen LogP contribution is 2.11. The number of hydrogen-bond donors (Lipinski definition) is 1. The van der Waals surface area contributed by atoms with Gasteiger partial charge in [0.2, 0.25) is 0 Å². The molecule has 1 aliphatic heterocycles. The first-order valence-corrected chi connectivity index (χ1v) is 5.72. The molecule has 0 spiro atoms. The van der Waals surface area contributed by atoms with Crippen molar-refractivity contribution in [1.29, 1.82) is 5.41 Å². The monoisotopic (exact) mass is 202 g/mol. The molecule has 80 valence electrons. The molecule has 2 heteroatoms. The van der Waals surface area contributed by atoms with Crippen LogP contribution in [0.2, 0.25) is 0 Å². The van der Waals surface area contributed by atoms with Gasteiger partial charge in [0.1, 0.15) is 0 Å². The largest absolute Gasteiger partial charge is 0.361 e. The number of nitrogens with zero attached hydrogens (tertiary/aromatic N) is 1. The lowest BCUT2D eigenvalue weighted by atomic mass is 10.1. The molecule has 0 atom stereocenters. The van der Waals surface area contributed by atoms with Crippen LogP contribution in [0.1, 0.15) is 24.8 Å². The Morgan fingerprint density at radius 3 is 2.47 bits per heavy atom. The van der Waals surface area contributed by atoms with Crippen molar-refractivity contribution in [2.24, 2.45) is 0 Å². The van der Waals surface area contributed by atoms with Gasteiger partial charge in [-0.05, 0) is 24.8 Å². The second-order valence-electron chi connectivity index (χ2n) is 4.13. The highest BCUT2D eigenvalue weighted by molar-refractivity contribution is 5.79. The Labute approximate surface area is 91.4 Å². The first kappa shape index (κ1) is 10.2. The van der Waals surface area contributed by atoms with Gasteiger partial charge in [-0.15, -0.1) is 0 Å². The standard InChI is InChI=1S/C13H18N2/c14-13(15-10-4-5-11-15)9-8-12-6-2-1-3-7-12/h1-3,6-7,14H,4-5,8-11H2. The maximum Gasteiger partial charge on any atom is 0.0960 e. The van der Waals surface area contributed by atoms with Crippen molar-refractivity contribution in [3.63, 3.8) is 0 Å². The summed E-state index contributed by atoms with van der Waals surface area (Å²) in [4.78, 5) is 2.21. The number of rotatable bonds is 3. The maximum absolute atomic E-state index is 7.96. The highest BCUT2D eigenvalue weighted by Gasteiger charge is 2.14. The molecule has 0 bridgehead atoms. The van der Waals surface area contributed by atoms with Crippen LogP contribution in [0.25, 0.3) is 0 Å². The fraction of sp³-hybridized carbons (Fsp3) is 0.462. The minimum atomic E-state index is 0.816. The summed E-state index contributed by atoms with van der Waals surface area (Å²) in [6.07, 6.45) is 4.39. The van der Waals surface area contributed by atoms with Gasteiger partial charge in [0, 0.05) is 19.5 Å². The molecule has 0 aromatic heterocycles. The molecule has 1 fully saturated rings. The van der Waals surface area contributed by atoms with E-state index in [0.29, 0.717) is 0 Å². The summed E-state index contributed by atoms with van der Waals surface area (Å²) in [5.74, 6) is 0.816. The fourth-order valence-electron chi connectivity index (χ4n) is 2.05. The molecule has 1 heterocycles. The minimum Gasteiger partial charge on any atom is -0.361 e. The van der Waals surface area contributed by atoms with Gasteiger partial charge in [0.05, 0.1) is 5.84 Å². The predicted molar refractivity (Wildman–Crippen MR) is 63.3 cm³/mol. The molecular weight excluding hydrogens is 184 g/mol. The van der Waals surface area contributed by atoms with Crippen LogP contribution in [0, 0.1) is 5.41 Å². The smallest absolute Gasteiger partial charge is 0.0960 e. The molecule has 0 saturated carbocycles. The van der Waals surface area contributed by atoms with E-state index in [0.717, 1.165) is 31.8 Å². The molecule has 0 amide bonds. The molecule has 1 aliphatic rings. The average Bonchev–Trinajstić information content (AvgIpc) is 2.81. The molecule has 2 rings (SSSR count). The molecule has 15 heavy (non-hydrogen) atoms. The van der Waals surface area contributed by atoms with E-state index in [4.69, 9.17) is 5.41 Å². The van der Waals surface area contributed by atoms with Gasteiger partial charge in [-0.3, -0.25) is 5.41 Å². The van der Waals surface area contributed by atoms with Crippen molar-refractivity contribution in [2.45, 2.75) is 25.7 Å². The number of benzene rings is 1. The first-order valence-electron chi connectivity index (χ1n) is 5.72. The van der Waals surface area contributed by atoms with Gasteiger partial charge in [0.25, 0.3) is 0 Å². The van der Waals surface area contributed by atoms with E-state index in [1.807, 2.05) is 6.07 Å². The average molecular weight is 202 g/mol. The summed E-state index contributed by atoms with van der Waals surface area (Å²) in [5, 5.41) is 7.96. The van der Waals surface area contributed by atoms with Crippen LogP contribution in [0.4, 0.5) is 0 Å². The zero-order valence-electron chi connectivity index (χ0n) is 9.08. The number of hydrogen-bond acceptors (Lipinski definition) is 1. The summed E-state index contributed by atoms with van der Waals surface area (Å²) >= 11 is 0. The normalized spacial score (nSPS) is 15.6. The number of nitrogens with one attached hydrogen (secondary N) is 1. The Hall–Kier alpha value is -1.31. The molecule has 1 saturated heterocycles. The Bertz CT molecular complexity index is 313. The second kappa shape index (κ2) is 4.96. The van der Waals surface area contributed by atoms with Crippen LogP contribution in [-0.4, -0.2) is 23.8 Å². The van der Waals surface area contributed by atoms with Crippen LogP contribution in [0.15, 0.2) is 30.3 Å². The SMILES string of the molecule is N=C(CCc1ccccc1)N1CCCC1. The van der Waals surface area contributed by atoms with Crippen LogP contribution in [0.3, 0.4) is 0 Å². The lowest BCUT2D eigenvalue weighted by Crippen LogP contribution is -2.27. The molecular formula is C13H18N2. The van der Waals surface area contributed by atoms with Gasteiger partial charge in [-0.1, -0.05) is 30.3 Å². The Morgan fingerprint density at radius 1 is 1.13 bits per heavy atom. The molecule has 1 aromatic carbocycles. The summed E-state index contributed by atoms with van der Waals surface area (Å²) < 4.78 is 0. The van der Waals surface area contributed by atoms with Crippen LogP contribution in [0.5, 0.6) is 0 Å². The third kappa shape index (κ3) is 2.82. The summed E-state index contributed by atoms with van der Waals surface area (Å²) in [7, 11) is 0. The lowest BCUT2D eigenvalue weighted by molar-refractivity contribution is 0.502. The Morgan fingerprint density at radius 2 is 1.80 bits per heavy atom. The van der Waals surface area contributed by atoms with Crippen LogP contribution >= 0.6 is 0 Å². The molecule has 0 aliphatic carbocycles. The molecule has 1 aromatic rings. The minimum absolute atomic E-state index is 0.816. The molecule has 0 unspecified atom stereocenters. The number of aryl methyl sites for hydroxylation is 1. The first-order chi connectivity index (χ1) is 7.36. The van der Waals surface area contributed by atoms with Crippen molar-refractivity contribution < 1.29 is 0 Å². The van der Waals surface area contributed by atoms with E-state index >= 15 is 0 Å². The Kier molecular flexibility index (Phi) is 3.38. The van der Waals surface area contributed by atoms with Gasteiger partial charge in [-0.2, -0.15) is 0 Å². The maximum atomic E-state index is 7.96. The molecule has 2 nitrogen and oxygen atoms in total. The quantitative estimate of drug-likeness (QED) is 0.592. The van der Waals surface area contributed by atoms with E-state index in [-0.39, 0.29) is 0 Å². The third-order valence-corrected chi connectivity index (χ3v) is 2.98. The van der Waals surface area contributed by atoms with Crippen molar-refractivity contribution in [3.05, 3.63) is 35.9 Å². The highest BCUT2D eigenvalue weighted by atomic mass is 15.2. The number of amidine groups is 1. The third-order valence-electron chi connectivity index (χ3n) is 2.98. The van der Waals surface area contributed by atoms with Crippen LogP contribution < -0.4 is 0 Å². The summed E-state index contributed by atoms with van der Waals surface area (Å²) in [5.41, 5.74) is 1.33. The molecule has 1 N–H and O–H groups in total. The second-order valence-corrected chi connectivity index (χ2v) is 4.13. The van der Waals surface area contributed by atoms with E-state index < -0.39 is 0 Å². The van der Waals surface area contributed by atoms with Gasteiger partial charge >= 0.3 is 0 Å².